The molecular formula is C7H8. The minimum absolute atomic E-state index is 0.447. The van der Waals surface area contributed by atoms with Gasteiger partial charge in [0.2, 0.25) is 0 Å². The van der Waals surface area contributed by atoms with E-state index in [0.29, 0.717) is 12.1 Å². The highest BCUT2D eigenvalue weighted by Crippen LogP contribution is 1.92. The Hall–Kier alpha value is -0.780. The molecule has 0 aliphatic carbocycles. The molecule has 36 valence electrons. The van der Waals surface area contributed by atoms with Crippen LogP contribution in [-0.4, -0.2) is 0 Å². The van der Waals surface area contributed by atoms with Gasteiger partial charge in [-0.15, -0.1) is 0 Å². The molecule has 0 fully saturated rings. The summed E-state index contributed by atoms with van der Waals surface area (Å²) in [6, 6.07) is 5.99. The molecule has 0 aliphatic heterocycles. The van der Waals surface area contributed by atoms with Gasteiger partial charge in [0.1, 0.15) is 0 Å². The SMILES string of the molecule is [3H]c1cccc([3H])c1C. The summed E-state index contributed by atoms with van der Waals surface area (Å²) in [7, 11) is 0. The predicted molar refractivity (Wildman–Crippen MR) is 31.2 cm³/mol. The van der Waals surface area contributed by atoms with E-state index < -0.39 is 0 Å². The molecule has 1 aromatic rings. The third-order valence-electron chi connectivity index (χ3n) is 0.792. The Morgan fingerprint density at radius 3 is 2.29 bits per heavy atom. The summed E-state index contributed by atoms with van der Waals surface area (Å²) >= 11 is 0. The predicted octanol–water partition coefficient (Wildman–Crippen LogP) is 2.00. The quantitative estimate of drug-likeness (QED) is 0.463. The Bertz CT molecular complexity index is 198. The van der Waals surface area contributed by atoms with E-state index in [1.54, 1.807) is 25.1 Å². The lowest BCUT2D eigenvalue weighted by Crippen LogP contribution is -1.62. The Labute approximate surface area is 46.6 Å². The number of hydrogen-bond acceptors (Lipinski definition) is 0. The van der Waals surface area contributed by atoms with E-state index in [0.717, 1.165) is 5.56 Å². The standard InChI is InChI=1S/C7H8/c1-7-5-3-2-4-6-7/h2-6H,1H3/i5T,6T. The van der Waals surface area contributed by atoms with E-state index in [2.05, 4.69) is 0 Å². The molecule has 0 amide bonds. The molecule has 0 unspecified atom stereocenters. The van der Waals surface area contributed by atoms with E-state index in [9.17, 15) is 0 Å². The number of hydrogen-bond donors (Lipinski definition) is 0. The molecule has 0 aromatic heterocycles. The van der Waals surface area contributed by atoms with E-state index in [1.807, 2.05) is 0 Å². The highest BCUT2D eigenvalue weighted by atomic mass is 13.8. The van der Waals surface area contributed by atoms with Crippen molar-refractivity contribution in [2.75, 3.05) is 0 Å². The largest absolute Gasteiger partial charge is 0.0625 e. The van der Waals surface area contributed by atoms with Crippen LogP contribution in [-0.2, 0) is 0 Å². The van der Waals surface area contributed by atoms with E-state index in [-0.39, 0.29) is 0 Å². The monoisotopic (exact) mass is 96.1 g/mol. The summed E-state index contributed by atoms with van der Waals surface area (Å²) < 4.78 is 14.5. The van der Waals surface area contributed by atoms with Crippen molar-refractivity contribution in [1.29, 1.82) is 0 Å². The number of rotatable bonds is 0. The van der Waals surface area contributed by atoms with Crippen LogP contribution < -0.4 is 0 Å². The maximum Gasteiger partial charge on any atom is 0.0625 e. The molecule has 0 bridgehead atoms. The molecule has 1 aromatic carbocycles. The zero-order chi connectivity index (χ0) is 6.85. The third-order valence-corrected chi connectivity index (χ3v) is 0.792. The van der Waals surface area contributed by atoms with Gasteiger partial charge in [-0.05, 0) is 6.92 Å². The molecule has 0 nitrogen and oxygen atoms in total. The van der Waals surface area contributed by atoms with Crippen LogP contribution in [0, 0.1) is 6.92 Å². The van der Waals surface area contributed by atoms with Crippen LogP contribution in [0.5, 0.6) is 0 Å². The number of benzene rings is 1. The molecule has 0 heterocycles. The molecule has 0 aliphatic rings. The van der Waals surface area contributed by atoms with Gasteiger partial charge in [-0.25, -0.2) is 0 Å². The Morgan fingerprint density at radius 1 is 1.29 bits per heavy atom. The smallest absolute Gasteiger partial charge is 0.0622 e. The molecule has 0 atom stereocenters. The van der Waals surface area contributed by atoms with Crippen molar-refractivity contribution in [3.05, 3.63) is 35.8 Å². The zero-order valence-electron chi connectivity index (χ0n) is 6.23. The first-order valence-corrected chi connectivity index (χ1v) is 2.24. The van der Waals surface area contributed by atoms with Gasteiger partial charge in [0, 0.05) is 0 Å². The first-order valence-electron chi connectivity index (χ1n) is 3.24. The van der Waals surface area contributed by atoms with Crippen molar-refractivity contribution in [3.8, 4) is 0 Å². The Balaban J connectivity index is 3.25. The van der Waals surface area contributed by atoms with Gasteiger partial charge >= 0.3 is 0 Å². The van der Waals surface area contributed by atoms with Gasteiger partial charge in [0.25, 0.3) is 0 Å². The lowest BCUT2D eigenvalue weighted by molar-refractivity contribution is 1.48. The fourth-order valence-corrected chi connectivity index (χ4v) is 0.436. The zero-order valence-corrected chi connectivity index (χ0v) is 4.23. The van der Waals surface area contributed by atoms with Crippen LogP contribution in [0.25, 0.3) is 0 Å². The molecule has 0 spiro atoms. The first kappa shape index (κ1) is 2.51. The Kier molecular flexibility index (Phi) is 0.639. The summed E-state index contributed by atoms with van der Waals surface area (Å²) in [5.41, 5.74) is 0.748. The van der Waals surface area contributed by atoms with Gasteiger partial charge in [-0.3, -0.25) is 0 Å². The topological polar surface area (TPSA) is 0 Å². The van der Waals surface area contributed by atoms with Crippen molar-refractivity contribution in [2.45, 2.75) is 6.92 Å². The second-order valence-corrected chi connectivity index (χ2v) is 1.44. The highest BCUT2D eigenvalue weighted by molar-refractivity contribution is 5.11. The maximum absolute atomic E-state index is 7.24. The average molecular weight is 96.2 g/mol. The lowest BCUT2D eigenvalue weighted by atomic mass is 10.2. The summed E-state index contributed by atoms with van der Waals surface area (Å²) in [6.45, 7) is 1.78. The van der Waals surface area contributed by atoms with Gasteiger partial charge in [0.05, 0.1) is 2.74 Å². The van der Waals surface area contributed by atoms with Crippen molar-refractivity contribution < 1.29 is 2.74 Å². The fourth-order valence-electron chi connectivity index (χ4n) is 0.436. The summed E-state index contributed by atoms with van der Waals surface area (Å²) in [6.07, 6.45) is 0. The normalized spacial score (nSPS) is 12.7. The third kappa shape index (κ3) is 1.04. The Morgan fingerprint density at radius 2 is 1.86 bits per heavy atom. The summed E-state index contributed by atoms with van der Waals surface area (Å²) in [5, 5.41) is 0. The summed E-state index contributed by atoms with van der Waals surface area (Å²) in [5.74, 6) is 0. The molecule has 1 rings (SSSR count). The molecule has 0 radical (unpaired) electrons. The van der Waals surface area contributed by atoms with Crippen LogP contribution in [0.4, 0.5) is 0 Å². The minimum Gasteiger partial charge on any atom is -0.0622 e. The lowest BCUT2D eigenvalue weighted by Gasteiger charge is -1.82. The van der Waals surface area contributed by atoms with Crippen molar-refractivity contribution in [2.24, 2.45) is 0 Å². The van der Waals surface area contributed by atoms with Crippen LogP contribution >= 0.6 is 0 Å². The van der Waals surface area contributed by atoms with Crippen LogP contribution in [0.1, 0.15) is 8.30 Å². The highest BCUT2D eigenvalue weighted by Gasteiger charge is 1.72. The van der Waals surface area contributed by atoms with Crippen molar-refractivity contribution in [1.82, 2.24) is 0 Å². The van der Waals surface area contributed by atoms with Crippen LogP contribution in [0.2, 0.25) is 0 Å². The van der Waals surface area contributed by atoms with Crippen molar-refractivity contribution in [3.63, 3.8) is 0 Å². The molecule has 0 saturated carbocycles. The van der Waals surface area contributed by atoms with Gasteiger partial charge in [0.15, 0.2) is 0 Å². The molecule has 0 heteroatoms. The van der Waals surface area contributed by atoms with Gasteiger partial charge < -0.3 is 0 Å². The van der Waals surface area contributed by atoms with E-state index >= 15 is 0 Å². The minimum atomic E-state index is 0.447. The molecule has 7 heavy (non-hydrogen) atoms. The summed E-state index contributed by atoms with van der Waals surface area (Å²) in [4.78, 5) is 0. The van der Waals surface area contributed by atoms with Gasteiger partial charge in [-0.1, -0.05) is 35.8 Å². The second-order valence-electron chi connectivity index (χ2n) is 1.44. The van der Waals surface area contributed by atoms with Gasteiger partial charge in [-0.2, -0.15) is 0 Å². The fraction of sp³-hybridized carbons (Fsp3) is 0.143. The average Bonchev–Trinajstić information content (AvgIpc) is 1.83. The van der Waals surface area contributed by atoms with E-state index in [1.165, 1.54) is 0 Å². The van der Waals surface area contributed by atoms with Crippen LogP contribution in [0.15, 0.2) is 30.3 Å². The molecule has 0 N–H and O–H groups in total. The first-order chi connectivity index (χ1) is 4.22. The van der Waals surface area contributed by atoms with Crippen LogP contribution in [0.3, 0.4) is 0 Å². The second kappa shape index (κ2) is 1.78. The van der Waals surface area contributed by atoms with Crippen molar-refractivity contribution >= 4 is 0 Å². The maximum atomic E-state index is 7.24. The molecular weight excluding hydrogens is 84.1 g/mol. The van der Waals surface area contributed by atoms with E-state index in [4.69, 9.17) is 2.74 Å². The molecule has 0 saturated heterocycles.